The zero-order valence-corrected chi connectivity index (χ0v) is 5.94. The van der Waals surface area contributed by atoms with Crippen LogP contribution in [0.4, 0.5) is 0 Å². The summed E-state index contributed by atoms with van der Waals surface area (Å²) in [6.07, 6.45) is 0. The fraction of sp³-hybridized carbons (Fsp3) is 0.400. The first-order valence-corrected chi connectivity index (χ1v) is 3.43. The van der Waals surface area contributed by atoms with Crippen LogP contribution >= 0.6 is 11.3 Å². The van der Waals surface area contributed by atoms with Crippen molar-refractivity contribution >= 4 is 11.3 Å². The molecule has 0 aliphatic carbocycles. The number of nitrogens with two attached hydrogens (primary N) is 1. The second-order valence-electron chi connectivity index (χ2n) is 1.51. The summed E-state index contributed by atoms with van der Waals surface area (Å²) >= 11 is 1.46. The summed E-state index contributed by atoms with van der Waals surface area (Å²) in [5, 5.41) is 2.56. The fourth-order valence-electron chi connectivity index (χ4n) is 0.476. The highest BCUT2D eigenvalue weighted by atomic mass is 32.1. The van der Waals surface area contributed by atoms with Gasteiger partial charge in [0.25, 0.3) is 5.19 Å². The molecule has 3 nitrogen and oxygen atoms in total. The first-order valence-electron chi connectivity index (χ1n) is 2.55. The molecule has 9 heavy (non-hydrogen) atoms. The molecule has 0 saturated heterocycles. The van der Waals surface area contributed by atoms with Gasteiger partial charge in [-0.15, -0.1) is 0 Å². The van der Waals surface area contributed by atoms with E-state index in [9.17, 15) is 0 Å². The maximum absolute atomic E-state index is 5.31. The molecular weight excluding hydrogens is 136 g/mol. The summed E-state index contributed by atoms with van der Waals surface area (Å²) in [5.41, 5.74) is 6.19. The molecule has 0 aliphatic rings. The van der Waals surface area contributed by atoms with Crippen molar-refractivity contribution in [3.05, 3.63) is 11.1 Å². The van der Waals surface area contributed by atoms with Gasteiger partial charge in [-0.3, -0.25) is 0 Å². The molecule has 0 radical (unpaired) electrons. The minimum atomic E-state index is 0.486. The molecule has 1 rings (SSSR count). The third-order valence-corrected chi connectivity index (χ3v) is 1.76. The van der Waals surface area contributed by atoms with Crippen LogP contribution in [0.25, 0.3) is 0 Å². The van der Waals surface area contributed by atoms with Crippen LogP contribution in [0.2, 0.25) is 0 Å². The van der Waals surface area contributed by atoms with Gasteiger partial charge >= 0.3 is 0 Å². The Morgan fingerprint density at radius 1 is 1.89 bits per heavy atom. The molecular formula is C5H8N2OS. The molecule has 0 fully saturated rings. The van der Waals surface area contributed by atoms with Crippen molar-refractivity contribution in [3.63, 3.8) is 0 Å². The second-order valence-corrected chi connectivity index (χ2v) is 2.33. The van der Waals surface area contributed by atoms with Crippen LogP contribution < -0.4 is 10.5 Å². The second kappa shape index (κ2) is 2.80. The van der Waals surface area contributed by atoms with E-state index in [1.807, 2.05) is 5.38 Å². The Morgan fingerprint density at radius 3 is 3.00 bits per heavy atom. The standard InChI is InChI=1S/C5H8N2OS/c1-8-5-7-4(2-6)3-9-5/h3H,2,6H2,1H3. The zero-order valence-electron chi connectivity index (χ0n) is 5.13. The molecule has 0 bridgehead atoms. The lowest BCUT2D eigenvalue weighted by atomic mass is 10.5. The molecule has 2 N–H and O–H groups in total. The molecule has 1 heterocycles. The minimum absolute atomic E-state index is 0.486. The quantitative estimate of drug-likeness (QED) is 0.661. The smallest absolute Gasteiger partial charge is 0.273 e. The Bertz CT molecular complexity index is 168. The van der Waals surface area contributed by atoms with Gasteiger partial charge in [-0.2, -0.15) is 0 Å². The van der Waals surface area contributed by atoms with Crippen LogP contribution in [0.5, 0.6) is 5.19 Å². The van der Waals surface area contributed by atoms with Gasteiger partial charge in [0.05, 0.1) is 12.8 Å². The summed E-state index contributed by atoms with van der Waals surface area (Å²) in [6, 6.07) is 0. The van der Waals surface area contributed by atoms with E-state index in [1.165, 1.54) is 11.3 Å². The first kappa shape index (κ1) is 6.51. The monoisotopic (exact) mass is 144 g/mol. The summed E-state index contributed by atoms with van der Waals surface area (Å²) in [5.74, 6) is 0. The van der Waals surface area contributed by atoms with Gasteiger partial charge < -0.3 is 10.5 Å². The molecule has 0 spiro atoms. The van der Waals surface area contributed by atoms with Crippen molar-refractivity contribution in [1.29, 1.82) is 0 Å². The minimum Gasteiger partial charge on any atom is -0.473 e. The normalized spacial score (nSPS) is 9.56. The number of hydrogen-bond donors (Lipinski definition) is 1. The fourth-order valence-corrected chi connectivity index (χ4v) is 1.13. The molecule has 1 aromatic heterocycles. The van der Waals surface area contributed by atoms with Crippen LogP contribution in [0.15, 0.2) is 5.38 Å². The molecule has 0 saturated carbocycles. The van der Waals surface area contributed by atoms with Gasteiger partial charge in [0.15, 0.2) is 0 Å². The van der Waals surface area contributed by atoms with Gasteiger partial charge in [0.1, 0.15) is 0 Å². The number of ether oxygens (including phenoxy) is 1. The highest BCUT2D eigenvalue weighted by molar-refractivity contribution is 7.11. The van der Waals surface area contributed by atoms with E-state index < -0.39 is 0 Å². The lowest BCUT2D eigenvalue weighted by Crippen LogP contribution is -1.95. The Labute approximate surface area is 57.5 Å². The van der Waals surface area contributed by atoms with Gasteiger partial charge in [0, 0.05) is 11.9 Å². The summed E-state index contributed by atoms with van der Waals surface area (Å²) in [6.45, 7) is 0.486. The predicted octanol–water partition coefficient (Wildman–Crippen LogP) is 0.610. The Kier molecular flexibility index (Phi) is 2.02. The molecule has 0 aliphatic heterocycles. The Balaban J connectivity index is 2.74. The molecule has 1 aromatic rings. The van der Waals surface area contributed by atoms with E-state index >= 15 is 0 Å². The molecule has 0 atom stereocenters. The van der Waals surface area contributed by atoms with Crippen LogP contribution in [0.1, 0.15) is 5.69 Å². The van der Waals surface area contributed by atoms with E-state index in [1.54, 1.807) is 7.11 Å². The number of hydrogen-bond acceptors (Lipinski definition) is 4. The zero-order chi connectivity index (χ0) is 6.69. The highest BCUT2D eigenvalue weighted by Crippen LogP contribution is 2.16. The summed E-state index contributed by atoms with van der Waals surface area (Å²) < 4.78 is 4.85. The summed E-state index contributed by atoms with van der Waals surface area (Å²) in [4.78, 5) is 4.02. The highest BCUT2D eigenvalue weighted by Gasteiger charge is 1.96. The van der Waals surface area contributed by atoms with Crippen molar-refractivity contribution in [3.8, 4) is 5.19 Å². The van der Waals surface area contributed by atoms with Crippen LogP contribution in [0, 0.1) is 0 Å². The van der Waals surface area contributed by atoms with Gasteiger partial charge in [-0.25, -0.2) is 4.98 Å². The van der Waals surface area contributed by atoms with Crippen molar-refractivity contribution in [2.45, 2.75) is 6.54 Å². The summed E-state index contributed by atoms with van der Waals surface area (Å²) in [7, 11) is 1.60. The third kappa shape index (κ3) is 1.40. The largest absolute Gasteiger partial charge is 0.473 e. The van der Waals surface area contributed by atoms with Crippen LogP contribution in [-0.4, -0.2) is 12.1 Å². The van der Waals surface area contributed by atoms with Gasteiger partial charge in [-0.1, -0.05) is 11.3 Å². The van der Waals surface area contributed by atoms with E-state index in [2.05, 4.69) is 4.98 Å². The Hall–Kier alpha value is -0.610. The van der Waals surface area contributed by atoms with Crippen molar-refractivity contribution < 1.29 is 4.74 Å². The Morgan fingerprint density at radius 2 is 2.67 bits per heavy atom. The molecule has 50 valence electrons. The van der Waals surface area contributed by atoms with Crippen molar-refractivity contribution in [1.82, 2.24) is 4.98 Å². The lowest BCUT2D eigenvalue weighted by Gasteiger charge is -1.87. The predicted molar refractivity (Wildman–Crippen MR) is 36.6 cm³/mol. The number of thiazole rings is 1. The average Bonchev–Trinajstić information content (AvgIpc) is 2.34. The number of methoxy groups -OCH3 is 1. The average molecular weight is 144 g/mol. The van der Waals surface area contributed by atoms with E-state index in [4.69, 9.17) is 10.5 Å². The van der Waals surface area contributed by atoms with Gasteiger partial charge in [-0.05, 0) is 0 Å². The SMILES string of the molecule is COc1nc(CN)cs1. The maximum atomic E-state index is 5.31. The van der Waals surface area contributed by atoms with E-state index in [-0.39, 0.29) is 0 Å². The maximum Gasteiger partial charge on any atom is 0.273 e. The number of nitrogens with zero attached hydrogens (tertiary/aromatic N) is 1. The molecule has 4 heteroatoms. The number of rotatable bonds is 2. The van der Waals surface area contributed by atoms with Crippen molar-refractivity contribution in [2.24, 2.45) is 5.73 Å². The van der Waals surface area contributed by atoms with Crippen LogP contribution in [-0.2, 0) is 6.54 Å². The topological polar surface area (TPSA) is 48.1 Å². The number of aromatic nitrogens is 1. The lowest BCUT2D eigenvalue weighted by molar-refractivity contribution is 0.410. The van der Waals surface area contributed by atoms with Gasteiger partial charge in [0.2, 0.25) is 0 Å². The third-order valence-electron chi connectivity index (χ3n) is 0.914. The molecule has 0 aromatic carbocycles. The first-order chi connectivity index (χ1) is 4.36. The van der Waals surface area contributed by atoms with E-state index in [0.717, 1.165) is 5.69 Å². The van der Waals surface area contributed by atoms with E-state index in [0.29, 0.717) is 11.7 Å². The van der Waals surface area contributed by atoms with Crippen molar-refractivity contribution in [2.75, 3.05) is 7.11 Å². The molecule has 0 amide bonds. The molecule has 0 unspecified atom stereocenters. The van der Waals surface area contributed by atoms with Crippen LogP contribution in [0.3, 0.4) is 0 Å².